The maximum atomic E-state index is 15.3. The standard InChI is InChI=1S/C39H41F3N6O4/c1-22-14-32-33(15-23(22)2)47-37(46-32)35-21-51-26(20-48(35)38(50)52-39(3,4)5)10-11-28-31(42)18-44-19-34(28)45-36(49)16-29(24-6-8-25(40)9-7-24)27-12-13-43-17-30(27)41/h6-9,12-15,17-19,26,29,35H,10-11,16,20-21H2,1-5H3,(H,45,49)(H,46,47)/t26-,29+,35+/m1/s1. The number of anilines is 1. The second kappa shape index (κ2) is 15.1. The first kappa shape index (κ1) is 36.5. The third-order valence-corrected chi connectivity index (χ3v) is 9.16. The fraction of sp³-hybridized carbons (Fsp3) is 0.359. The van der Waals surface area contributed by atoms with E-state index in [1.54, 1.807) is 25.7 Å². The number of benzene rings is 2. The number of imidazole rings is 1. The number of carbonyl (C=O) groups is 2. The molecule has 1 aliphatic rings. The van der Waals surface area contributed by atoms with Crippen molar-refractivity contribution in [1.82, 2.24) is 24.8 Å². The molecule has 0 bridgehead atoms. The molecule has 0 unspecified atom stereocenters. The molecule has 272 valence electrons. The van der Waals surface area contributed by atoms with E-state index < -0.39 is 53.1 Å². The van der Waals surface area contributed by atoms with Crippen LogP contribution in [0.2, 0.25) is 0 Å². The molecule has 52 heavy (non-hydrogen) atoms. The van der Waals surface area contributed by atoms with E-state index >= 15 is 4.39 Å². The molecule has 1 aliphatic heterocycles. The number of ether oxygens (including phenoxy) is 2. The highest BCUT2D eigenvalue weighted by Gasteiger charge is 2.38. The summed E-state index contributed by atoms with van der Waals surface area (Å²) < 4.78 is 55.9. The zero-order valence-electron chi connectivity index (χ0n) is 29.7. The Morgan fingerprint density at radius 3 is 2.48 bits per heavy atom. The molecule has 1 saturated heterocycles. The van der Waals surface area contributed by atoms with Gasteiger partial charge in [0.1, 0.15) is 34.9 Å². The molecule has 0 saturated carbocycles. The quantitative estimate of drug-likeness (QED) is 0.159. The first-order valence-corrected chi connectivity index (χ1v) is 17.1. The highest BCUT2D eigenvalue weighted by Crippen LogP contribution is 2.33. The average Bonchev–Trinajstić information content (AvgIpc) is 3.49. The molecule has 6 rings (SSSR count). The van der Waals surface area contributed by atoms with Crippen molar-refractivity contribution in [2.24, 2.45) is 0 Å². The number of hydrogen-bond acceptors (Lipinski definition) is 7. The van der Waals surface area contributed by atoms with Crippen molar-refractivity contribution in [3.63, 3.8) is 0 Å². The van der Waals surface area contributed by atoms with Crippen LogP contribution in [0.25, 0.3) is 11.0 Å². The zero-order chi connectivity index (χ0) is 37.2. The molecule has 2 N–H and O–H groups in total. The number of rotatable bonds is 9. The van der Waals surface area contributed by atoms with Gasteiger partial charge in [-0.3, -0.25) is 19.7 Å². The van der Waals surface area contributed by atoms with Gasteiger partial charge in [-0.2, -0.15) is 0 Å². The van der Waals surface area contributed by atoms with Crippen LogP contribution in [0.3, 0.4) is 0 Å². The molecule has 3 atom stereocenters. The van der Waals surface area contributed by atoms with Crippen LogP contribution in [0.4, 0.5) is 23.7 Å². The highest BCUT2D eigenvalue weighted by atomic mass is 19.1. The highest BCUT2D eigenvalue weighted by molar-refractivity contribution is 5.92. The lowest BCUT2D eigenvalue weighted by atomic mass is 9.88. The Hall–Kier alpha value is -5.30. The molecule has 2 amide bonds. The minimum Gasteiger partial charge on any atom is -0.444 e. The number of fused-ring (bicyclic) bond motifs is 1. The van der Waals surface area contributed by atoms with Crippen molar-refractivity contribution < 1.29 is 32.2 Å². The van der Waals surface area contributed by atoms with E-state index in [2.05, 4.69) is 20.3 Å². The van der Waals surface area contributed by atoms with Crippen LogP contribution in [-0.2, 0) is 20.7 Å². The van der Waals surface area contributed by atoms with Crippen LogP contribution < -0.4 is 5.32 Å². The summed E-state index contributed by atoms with van der Waals surface area (Å²) in [6, 6.07) is 10.4. The van der Waals surface area contributed by atoms with Crippen molar-refractivity contribution in [1.29, 1.82) is 0 Å². The first-order chi connectivity index (χ1) is 24.8. The number of morpholine rings is 1. The molecule has 1 fully saturated rings. The van der Waals surface area contributed by atoms with Gasteiger partial charge in [0.05, 0.1) is 54.6 Å². The van der Waals surface area contributed by atoms with Crippen LogP contribution in [-0.4, -0.2) is 61.7 Å². The average molecular weight is 715 g/mol. The van der Waals surface area contributed by atoms with E-state index in [0.717, 1.165) is 34.6 Å². The zero-order valence-corrected chi connectivity index (χ0v) is 29.7. The second-order valence-electron chi connectivity index (χ2n) is 14.1. The van der Waals surface area contributed by atoms with Gasteiger partial charge in [0.2, 0.25) is 5.91 Å². The molecule has 0 aliphatic carbocycles. The summed E-state index contributed by atoms with van der Waals surface area (Å²) in [7, 11) is 0. The van der Waals surface area contributed by atoms with Crippen LogP contribution in [0, 0.1) is 31.3 Å². The van der Waals surface area contributed by atoms with E-state index in [9.17, 15) is 18.4 Å². The lowest BCUT2D eigenvalue weighted by molar-refractivity contribution is -0.116. The molecular weight excluding hydrogens is 673 g/mol. The number of aromatic amines is 1. The Balaban J connectivity index is 1.18. The van der Waals surface area contributed by atoms with Gasteiger partial charge in [-0.15, -0.1) is 0 Å². The van der Waals surface area contributed by atoms with Crippen LogP contribution in [0.5, 0.6) is 0 Å². The van der Waals surface area contributed by atoms with Gasteiger partial charge in [-0.1, -0.05) is 12.1 Å². The Labute approximate surface area is 299 Å². The van der Waals surface area contributed by atoms with Crippen molar-refractivity contribution >= 4 is 28.7 Å². The van der Waals surface area contributed by atoms with Gasteiger partial charge in [-0.25, -0.2) is 22.9 Å². The normalized spacial score (nSPS) is 16.9. The maximum absolute atomic E-state index is 15.3. The molecule has 2 aromatic carbocycles. The third-order valence-electron chi connectivity index (χ3n) is 9.16. The number of pyridine rings is 2. The van der Waals surface area contributed by atoms with Crippen LogP contribution in [0.15, 0.2) is 67.3 Å². The minimum absolute atomic E-state index is 0.125. The monoisotopic (exact) mass is 714 g/mol. The van der Waals surface area contributed by atoms with Gasteiger partial charge in [0, 0.05) is 24.1 Å². The summed E-state index contributed by atoms with van der Waals surface area (Å²) in [5, 5.41) is 2.75. The smallest absolute Gasteiger partial charge is 0.411 e. The topological polar surface area (TPSA) is 122 Å². The number of carbonyl (C=O) groups excluding carboxylic acids is 2. The van der Waals surface area contributed by atoms with Crippen molar-refractivity contribution in [2.75, 3.05) is 18.5 Å². The van der Waals surface area contributed by atoms with Gasteiger partial charge >= 0.3 is 6.09 Å². The summed E-state index contributed by atoms with van der Waals surface area (Å²) in [6.07, 6.45) is 4.09. The fourth-order valence-corrected chi connectivity index (χ4v) is 6.37. The molecule has 4 heterocycles. The van der Waals surface area contributed by atoms with E-state index in [1.165, 1.54) is 42.7 Å². The lowest BCUT2D eigenvalue weighted by Crippen LogP contribution is -2.49. The second-order valence-corrected chi connectivity index (χ2v) is 14.1. The Bertz CT molecular complexity index is 2040. The van der Waals surface area contributed by atoms with E-state index in [1.807, 2.05) is 26.0 Å². The molecule has 13 heteroatoms. The van der Waals surface area contributed by atoms with Gasteiger partial charge in [0.15, 0.2) is 0 Å². The number of halogens is 3. The van der Waals surface area contributed by atoms with E-state index in [-0.39, 0.29) is 42.8 Å². The molecule has 5 aromatic rings. The number of hydrogen-bond donors (Lipinski definition) is 2. The van der Waals surface area contributed by atoms with E-state index in [0.29, 0.717) is 17.8 Å². The van der Waals surface area contributed by atoms with Crippen molar-refractivity contribution in [3.8, 4) is 0 Å². The first-order valence-electron chi connectivity index (χ1n) is 17.1. The predicted molar refractivity (Wildman–Crippen MR) is 189 cm³/mol. The number of aromatic nitrogens is 4. The summed E-state index contributed by atoms with van der Waals surface area (Å²) in [5.74, 6) is -2.43. The summed E-state index contributed by atoms with van der Waals surface area (Å²) in [6.45, 7) is 9.70. The number of aryl methyl sites for hydroxylation is 2. The van der Waals surface area contributed by atoms with Gasteiger partial charge < -0.3 is 19.8 Å². The van der Waals surface area contributed by atoms with Crippen molar-refractivity contribution in [3.05, 3.63) is 118 Å². The molecule has 10 nitrogen and oxygen atoms in total. The number of nitrogens with one attached hydrogen (secondary N) is 2. The third kappa shape index (κ3) is 8.42. The molecular formula is C39H41F3N6O4. The molecule has 0 spiro atoms. The molecule has 0 radical (unpaired) electrons. The number of nitrogens with zero attached hydrogens (tertiary/aromatic N) is 4. The largest absolute Gasteiger partial charge is 0.444 e. The van der Waals surface area contributed by atoms with Gasteiger partial charge in [-0.05, 0) is 100 Å². The van der Waals surface area contributed by atoms with Crippen molar-refractivity contribution in [2.45, 2.75) is 77.5 Å². The molecule has 3 aromatic heterocycles. The number of H-pyrrole nitrogens is 1. The summed E-state index contributed by atoms with van der Waals surface area (Å²) >= 11 is 0. The Morgan fingerprint density at radius 1 is 1.02 bits per heavy atom. The summed E-state index contributed by atoms with van der Waals surface area (Å²) in [4.78, 5) is 44.5. The number of amides is 2. The van der Waals surface area contributed by atoms with Crippen LogP contribution in [0.1, 0.15) is 79.2 Å². The lowest BCUT2D eigenvalue weighted by Gasteiger charge is -2.39. The Kier molecular flexibility index (Phi) is 10.6. The predicted octanol–water partition coefficient (Wildman–Crippen LogP) is 7.86. The van der Waals surface area contributed by atoms with E-state index in [4.69, 9.17) is 14.5 Å². The minimum atomic E-state index is -0.768. The SMILES string of the molecule is Cc1cc2nc([C@@H]3CO[C@H](CCc4c(F)cncc4NC(=O)C[C@@H](c4ccc(F)cc4)c4ccncc4F)CN3C(=O)OC(C)(C)C)[nH]c2cc1C. The van der Waals surface area contributed by atoms with Crippen LogP contribution >= 0.6 is 0 Å². The Morgan fingerprint density at radius 2 is 1.75 bits per heavy atom. The summed E-state index contributed by atoms with van der Waals surface area (Å²) in [5.41, 5.74) is 4.19. The maximum Gasteiger partial charge on any atom is 0.411 e. The van der Waals surface area contributed by atoms with Gasteiger partial charge in [0.25, 0.3) is 0 Å². The fourth-order valence-electron chi connectivity index (χ4n) is 6.37.